The van der Waals surface area contributed by atoms with Crippen LogP contribution in [0, 0.1) is 15.9 Å². The summed E-state index contributed by atoms with van der Waals surface area (Å²) < 4.78 is 18.8. The zero-order valence-corrected chi connectivity index (χ0v) is 27.6. The first-order valence-electron chi connectivity index (χ1n) is 15.5. The van der Waals surface area contributed by atoms with E-state index in [9.17, 15) is 14.5 Å². The van der Waals surface area contributed by atoms with Crippen molar-refractivity contribution >= 4 is 23.5 Å². The molecule has 3 aliphatic heterocycles. The van der Waals surface area contributed by atoms with E-state index in [2.05, 4.69) is 33.7 Å². The molecule has 0 radical (unpaired) electrons. The van der Waals surface area contributed by atoms with Gasteiger partial charge >= 0.3 is 0 Å². The number of rotatable bonds is 6. The maximum absolute atomic E-state index is 13.8. The number of non-ortho nitro benzene ring substituents is 1. The first kappa shape index (κ1) is 35.7. The van der Waals surface area contributed by atoms with Crippen molar-refractivity contribution in [3.8, 4) is 0 Å². The maximum atomic E-state index is 13.8. The first-order valence-corrected chi connectivity index (χ1v) is 16.3. The third-order valence-electron chi connectivity index (χ3n) is 7.64. The fraction of sp³-hybridized carbons (Fsp3) is 0.594. The van der Waals surface area contributed by atoms with Crippen LogP contribution in [0.5, 0.6) is 0 Å². The van der Waals surface area contributed by atoms with Crippen LogP contribution >= 0.6 is 11.9 Å². The molecular formula is C32H51FN6O2S. The standard InChI is InChI=1S/C26H33FN6O2S.3C2H6/c1-29-13-11-21(12-14-29)32-25(28-36-23-9-7-22(8-10-23)33(34)35)24(19-3-5-20(27)6-4-19)26(32)31-17-15-30(2)16-18-31;3*1-2/h3-10,21,24,26H,11-18H2,1-2H3;3*1-2H3. The van der Waals surface area contributed by atoms with Crippen LogP contribution < -0.4 is 0 Å². The Kier molecular flexibility index (Phi) is 15.5. The van der Waals surface area contributed by atoms with E-state index in [0.29, 0.717) is 6.04 Å². The molecule has 0 aromatic heterocycles. The summed E-state index contributed by atoms with van der Waals surface area (Å²) in [6, 6.07) is 13.8. The van der Waals surface area contributed by atoms with Crippen molar-refractivity contribution in [3.05, 3.63) is 70.0 Å². The lowest BCUT2D eigenvalue weighted by Crippen LogP contribution is -2.71. The van der Waals surface area contributed by atoms with Gasteiger partial charge in [-0.25, -0.2) is 4.39 Å². The number of amidine groups is 1. The largest absolute Gasteiger partial charge is 0.339 e. The van der Waals surface area contributed by atoms with Gasteiger partial charge in [0, 0.05) is 61.2 Å². The highest BCUT2D eigenvalue weighted by Crippen LogP contribution is 2.44. The number of benzene rings is 2. The molecule has 5 rings (SSSR count). The van der Waals surface area contributed by atoms with E-state index in [0.717, 1.165) is 68.4 Å². The van der Waals surface area contributed by atoms with Crippen molar-refractivity contribution < 1.29 is 9.31 Å². The molecule has 0 N–H and O–H groups in total. The Labute approximate surface area is 257 Å². The van der Waals surface area contributed by atoms with Crippen LogP contribution in [0.3, 0.4) is 0 Å². The van der Waals surface area contributed by atoms with Crippen LogP contribution in [0.2, 0.25) is 0 Å². The smallest absolute Gasteiger partial charge is 0.269 e. The fourth-order valence-electron chi connectivity index (χ4n) is 5.48. The molecule has 0 spiro atoms. The van der Waals surface area contributed by atoms with E-state index in [1.807, 2.05) is 53.7 Å². The van der Waals surface area contributed by atoms with Gasteiger partial charge in [-0.2, -0.15) is 4.40 Å². The summed E-state index contributed by atoms with van der Waals surface area (Å²) in [7, 11) is 4.34. The molecule has 42 heavy (non-hydrogen) atoms. The second-order valence-electron chi connectivity index (χ2n) is 10.0. The summed E-state index contributed by atoms with van der Waals surface area (Å²) in [5.41, 5.74) is 1.15. The minimum Gasteiger partial charge on any atom is -0.339 e. The Balaban J connectivity index is 0.000000966. The number of likely N-dealkylation sites (tertiary alicyclic amines) is 2. The lowest BCUT2D eigenvalue weighted by Gasteiger charge is -2.59. The SMILES string of the molecule is CC.CC.CC.CN1CCC(N2C(=NSc3ccc([N+](=O)[O-])cc3)C(c3ccc(F)cc3)C2N2CCN(C)CC2)CC1. The number of nitro groups is 1. The topological polar surface area (TPSA) is 68.5 Å². The van der Waals surface area contributed by atoms with Crippen LogP contribution in [0.25, 0.3) is 0 Å². The van der Waals surface area contributed by atoms with Crippen molar-refractivity contribution in [2.75, 3.05) is 53.4 Å². The molecule has 2 atom stereocenters. The highest BCUT2D eigenvalue weighted by atomic mass is 32.2. The molecule has 3 heterocycles. The lowest BCUT2D eigenvalue weighted by molar-refractivity contribution is -0.384. The number of nitrogens with zero attached hydrogens (tertiary/aromatic N) is 6. The molecule has 0 saturated carbocycles. The van der Waals surface area contributed by atoms with E-state index < -0.39 is 0 Å². The van der Waals surface area contributed by atoms with Crippen molar-refractivity contribution in [1.82, 2.24) is 19.6 Å². The number of hydrogen-bond acceptors (Lipinski definition) is 7. The normalized spacial score (nSPS) is 22.5. The molecule has 2 unspecified atom stereocenters. The number of halogens is 1. The molecule has 0 aliphatic carbocycles. The molecule has 3 fully saturated rings. The lowest BCUT2D eigenvalue weighted by atomic mass is 9.81. The van der Waals surface area contributed by atoms with E-state index >= 15 is 0 Å². The average Bonchev–Trinajstić information content (AvgIpc) is 3.03. The van der Waals surface area contributed by atoms with Crippen LogP contribution in [0.4, 0.5) is 10.1 Å². The molecule has 8 nitrogen and oxygen atoms in total. The van der Waals surface area contributed by atoms with Gasteiger partial charge in [0.2, 0.25) is 0 Å². The van der Waals surface area contributed by atoms with Gasteiger partial charge < -0.3 is 14.7 Å². The van der Waals surface area contributed by atoms with Gasteiger partial charge in [0.15, 0.2) is 0 Å². The Morgan fingerprint density at radius 1 is 0.810 bits per heavy atom. The minimum atomic E-state index is -0.390. The van der Waals surface area contributed by atoms with Crippen molar-refractivity contribution in [2.45, 2.75) is 77.4 Å². The third-order valence-corrected chi connectivity index (χ3v) is 8.40. The van der Waals surface area contributed by atoms with Gasteiger partial charge in [-0.15, -0.1) is 0 Å². The molecular weight excluding hydrogens is 551 g/mol. The van der Waals surface area contributed by atoms with Crippen LogP contribution in [-0.2, 0) is 0 Å². The van der Waals surface area contributed by atoms with Gasteiger partial charge in [0.25, 0.3) is 5.69 Å². The summed E-state index contributed by atoms with van der Waals surface area (Å²) in [6.45, 7) is 18.1. The van der Waals surface area contributed by atoms with Gasteiger partial charge in [-0.1, -0.05) is 53.7 Å². The molecule has 10 heteroatoms. The first-order chi connectivity index (χ1) is 20.4. The number of hydrogen-bond donors (Lipinski definition) is 0. The summed E-state index contributed by atoms with van der Waals surface area (Å²) in [6.07, 6.45) is 2.35. The summed E-state index contributed by atoms with van der Waals surface area (Å²) >= 11 is 1.36. The average molecular weight is 603 g/mol. The number of piperazine rings is 1. The predicted molar refractivity (Wildman–Crippen MR) is 175 cm³/mol. The number of nitro benzene ring substituents is 1. The second kappa shape index (κ2) is 18.2. The summed E-state index contributed by atoms with van der Waals surface area (Å²) in [4.78, 5) is 21.3. The van der Waals surface area contributed by atoms with E-state index in [-0.39, 0.29) is 28.5 Å². The van der Waals surface area contributed by atoms with Gasteiger partial charge in [0.1, 0.15) is 11.7 Å². The quantitative estimate of drug-likeness (QED) is 0.201. The Morgan fingerprint density at radius 3 is 1.86 bits per heavy atom. The van der Waals surface area contributed by atoms with Crippen molar-refractivity contribution in [1.29, 1.82) is 0 Å². The fourth-order valence-corrected chi connectivity index (χ4v) is 6.15. The third kappa shape index (κ3) is 8.99. The Morgan fingerprint density at radius 2 is 1.33 bits per heavy atom. The summed E-state index contributed by atoms with van der Waals surface area (Å²) in [5, 5.41) is 11.0. The molecule has 2 aromatic rings. The molecule has 3 saturated heterocycles. The zero-order chi connectivity index (χ0) is 31.2. The van der Waals surface area contributed by atoms with Crippen LogP contribution in [0.1, 0.15) is 65.9 Å². The molecule has 0 amide bonds. The van der Waals surface area contributed by atoms with E-state index in [1.165, 1.54) is 36.2 Å². The van der Waals surface area contributed by atoms with E-state index in [4.69, 9.17) is 4.40 Å². The molecule has 234 valence electrons. The molecule has 2 aromatic carbocycles. The van der Waals surface area contributed by atoms with Crippen molar-refractivity contribution in [2.24, 2.45) is 4.40 Å². The monoisotopic (exact) mass is 602 g/mol. The number of piperidine rings is 1. The van der Waals surface area contributed by atoms with Crippen LogP contribution in [0.15, 0.2) is 57.8 Å². The Hall–Kier alpha value is -2.53. The second-order valence-corrected chi connectivity index (χ2v) is 10.9. The highest BCUT2D eigenvalue weighted by Gasteiger charge is 2.52. The predicted octanol–water partition coefficient (Wildman–Crippen LogP) is 6.99. The Bertz CT molecular complexity index is 1090. The van der Waals surface area contributed by atoms with Gasteiger partial charge in [0.05, 0.1) is 17.0 Å². The van der Waals surface area contributed by atoms with Gasteiger partial charge in [-0.05, 0) is 69.9 Å². The maximum Gasteiger partial charge on any atom is 0.269 e. The van der Waals surface area contributed by atoms with E-state index in [1.54, 1.807) is 12.1 Å². The highest BCUT2D eigenvalue weighted by molar-refractivity contribution is 7.98. The zero-order valence-electron chi connectivity index (χ0n) is 26.8. The molecule has 3 aliphatic rings. The minimum absolute atomic E-state index is 0.0548. The van der Waals surface area contributed by atoms with Crippen molar-refractivity contribution in [3.63, 3.8) is 0 Å². The number of likely N-dealkylation sites (N-methyl/N-ethyl adjacent to an activating group) is 1. The van der Waals surface area contributed by atoms with Crippen LogP contribution in [-0.4, -0.2) is 95.9 Å². The van der Waals surface area contributed by atoms with Gasteiger partial charge in [-0.3, -0.25) is 15.0 Å². The molecule has 0 bridgehead atoms. The summed E-state index contributed by atoms with van der Waals surface area (Å²) in [5.74, 6) is 0.836.